The van der Waals surface area contributed by atoms with Crippen molar-refractivity contribution in [2.75, 3.05) is 17.2 Å². The van der Waals surface area contributed by atoms with Gasteiger partial charge in [0.15, 0.2) is 0 Å². The first-order valence-corrected chi connectivity index (χ1v) is 18.4. The van der Waals surface area contributed by atoms with Crippen LogP contribution in [0, 0.1) is 0 Å². The second-order valence-corrected chi connectivity index (χ2v) is 14.3. The van der Waals surface area contributed by atoms with Crippen LogP contribution in [-0.2, 0) is 27.2 Å². The molecule has 0 bridgehead atoms. The number of thiophene rings is 1. The minimum Gasteiger partial charge on any atom is -0.462 e. The van der Waals surface area contributed by atoms with Crippen molar-refractivity contribution < 1.29 is 23.9 Å². The molecule has 3 N–H and O–H groups in total. The summed E-state index contributed by atoms with van der Waals surface area (Å²) in [7, 11) is 0. The second kappa shape index (κ2) is 17.0. The zero-order valence-corrected chi connectivity index (χ0v) is 30.1. The number of rotatable bonds is 12. The molecule has 1 aromatic heterocycles. The summed E-state index contributed by atoms with van der Waals surface area (Å²) < 4.78 is 5.34. The topological polar surface area (TPSA) is 114 Å². The third-order valence-electron chi connectivity index (χ3n) is 7.74. The first-order valence-electron chi connectivity index (χ1n) is 15.9. The molecular weight excluding hydrogens is 701 g/mol. The predicted molar refractivity (Wildman–Crippen MR) is 199 cm³/mol. The molecule has 49 heavy (non-hydrogen) atoms. The smallest absolute Gasteiger partial charge is 0.341 e. The number of esters is 1. The van der Waals surface area contributed by atoms with Crippen LogP contribution in [0.3, 0.4) is 0 Å². The van der Waals surface area contributed by atoms with Crippen LogP contribution in [0.15, 0.2) is 83.4 Å². The lowest BCUT2D eigenvalue weighted by atomic mass is 9.95. The van der Waals surface area contributed by atoms with Crippen molar-refractivity contribution in [1.29, 1.82) is 0 Å². The quantitative estimate of drug-likeness (QED) is 0.0760. The van der Waals surface area contributed by atoms with Gasteiger partial charge in [-0.15, -0.1) is 23.1 Å². The van der Waals surface area contributed by atoms with Crippen LogP contribution in [0.25, 0.3) is 6.08 Å². The van der Waals surface area contributed by atoms with Crippen LogP contribution in [-0.4, -0.2) is 35.5 Å². The Labute approximate surface area is 303 Å². The van der Waals surface area contributed by atoms with Crippen LogP contribution < -0.4 is 16.0 Å². The Hall–Kier alpha value is -4.09. The molecule has 0 spiro atoms. The molecule has 0 radical (unpaired) electrons. The summed E-state index contributed by atoms with van der Waals surface area (Å²) in [5, 5.41) is 9.23. The van der Waals surface area contributed by atoms with Crippen LogP contribution in [0.5, 0.6) is 0 Å². The Morgan fingerprint density at radius 2 is 1.63 bits per heavy atom. The normalized spacial score (nSPS) is 13.2. The van der Waals surface area contributed by atoms with Crippen molar-refractivity contribution in [3.63, 3.8) is 0 Å². The van der Waals surface area contributed by atoms with Crippen LogP contribution in [0.1, 0.15) is 69.8 Å². The van der Waals surface area contributed by atoms with Gasteiger partial charge in [0, 0.05) is 36.6 Å². The van der Waals surface area contributed by atoms with Gasteiger partial charge >= 0.3 is 5.97 Å². The van der Waals surface area contributed by atoms with E-state index in [1.807, 2.05) is 13.0 Å². The number of hydrogen-bond donors (Lipinski definition) is 3. The molecule has 3 amide bonds. The summed E-state index contributed by atoms with van der Waals surface area (Å²) in [5.74, 6) is -1.72. The van der Waals surface area contributed by atoms with Gasteiger partial charge in [-0.2, -0.15) is 0 Å². The van der Waals surface area contributed by atoms with E-state index in [-0.39, 0.29) is 18.2 Å². The van der Waals surface area contributed by atoms with Crippen LogP contribution in [0.2, 0.25) is 10.0 Å². The Morgan fingerprint density at radius 1 is 0.918 bits per heavy atom. The number of nitrogens with one attached hydrogen (secondary N) is 3. The number of halogens is 2. The van der Waals surface area contributed by atoms with E-state index in [0.717, 1.165) is 41.0 Å². The number of benzene rings is 3. The van der Waals surface area contributed by atoms with Crippen molar-refractivity contribution in [2.45, 2.75) is 56.1 Å². The number of thioether (sulfide) groups is 1. The lowest BCUT2D eigenvalue weighted by Gasteiger charge is -2.16. The summed E-state index contributed by atoms with van der Waals surface area (Å²) in [4.78, 5) is 55.0. The highest BCUT2D eigenvalue weighted by Crippen LogP contribution is 2.39. The number of hydrogen-bond acceptors (Lipinski definition) is 7. The molecule has 1 unspecified atom stereocenters. The van der Waals surface area contributed by atoms with E-state index in [1.165, 1.54) is 29.2 Å². The number of fused-ring (bicyclic) bond motifs is 1. The Bertz CT molecular complexity index is 1870. The maximum atomic E-state index is 13.6. The molecule has 4 aromatic rings. The Balaban J connectivity index is 1.33. The number of amides is 3. The maximum Gasteiger partial charge on any atom is 0.341 e. The molecule has 12 heteroatoms. The summed E-state index contributed by atoms with van der Waals surface area (Å²) in [5.41, 5.74) is 2.59. The third kappa shape index (κ3) is 9.13. The fraction of sp³-hybridized carbons (Fsp3) is 0.243. The molecule has 8 nitrogen and oxygen atoms in total. The fourth-order valence-corrected chi connectivity index (χ4v) is 8.13. The zero-order chi connectivity index (χ0) is 34.9. The SMILES string of the molecule is CCOC(=O)c1c(NC(=O)C(CC)Sc2cccc(NC(=O)/C(=C\c3c(Cl)cccc3Cl)NC(=O)c3ccccc3)c2)sc2c1CCCC2. The standard InChI is InChI=1S/C37H35Cl2N3O5S2/c1-3-30(35(45)42-36-32(37(46)47-4-2)25-16-8-9-19-31(25)49-36)48-24-15-10-14-23(20-24)40-34(44)29(21-26-27(38)17-11-18-28(26)39)41-33(43)22-12-6-5-7-13-22/h5-7,10-15,17-18,20-21,30H,3-4,8-9,16,19H2,1-2H3,(H,40,44)(H,41,43)(H,42,45)/b29-21+. The molecule has 254 valence electrons. The Kier molecular flexibility index (Phi) is 12.6. The monoisotopic (exact) mass is 735 g/mol. The zero-order valence-electron chi connectivity index (χ0n) is 26.9. The summed E-state index contributed by atoms with van der Waals surface area (Å²) >= 11 is 15.6. The van der Waals surface area contributed by atoms with E-state index in [2.05, 4.69) is 16.0 Å². The van der Waals surface area contributed by atoms with E-state index in [0.29, 0.717) is 43.8 Å². The van der Waals surface area contributed by atoms with Gasteiger partial charge in [-0.3, -0.25) is 14.4 Å². The molecule has 0 fully saturated rings. The molecular formula is C37H35Cl2N3O5S2. The van der Waals surface area contributed by atoms with Gasteiger partial charge in [0.1, 0.15) is 10.7 Å². The van der Waals surface area contributed by atoms with E-state index in [9.17, 15) is 19.2 Å². The van der Waals surface area contributed by atoms with E-state index < -0.39 is 23.0 Å². The Morgan fingerprint density at radius 3 is 2.35 bits per heavy atom. The van der Waals surface area contributed by atoms with Gasteiger partial charge in [-0.1, -0.05) is 60.5 Å². The highest BCUT2D eigenvalue weighted by molar-refractivity contribution is 8.00. The summed E-state index contributed by atoms with van der Waals surface area (Å²) in [6, 6.07) is 20.6. The number of anilines is 2. The third-order valence-corrected chi connectivity index (χ3v) is 11.0. The molecule has 1 heterocycles. The van der Waals surface area contributed by atoms with Crippen LogP contribution in [0.4, 0.5) is 10.7 Å². The van der Waals surface area contributed by atoms with Crippen molar-refractivity contribution in [3.05, 3.63) is 116 Å². The molecule has 0 aliphatic heterocycles. The average molecular weight is 737 g/mol. The van der Waals surface area contributed by atoms with Crippen molar-refractivity contribution in [3.8, 4) is 0 Å². The second-order valence-electron chi connectivity index (χ2n) is 11.1. The number of carbonyl (C=O) groups excluding carboxylic acids is 4. The first kappa shape index (κ1) is 36.2. The summed E-state index contributed by atoms with van der Waals surface area (Å²) in [6.45, 7) is 3.93. The molecule has 1 aliphatic carbocycles. The molecule has 1 aliphatic rings. The molecule has 1 atom stereocenters. The van der Waals surface area contributed by atoms with Gasteiger partial charge in [0.25, 0.3) is 11.8 Å². The van der Waals surface area contributed by atoms with Gasteiger partial charge in [0.2, 0.25) is 5.91 Å². The van der Waals surface area contributed by atoms with Crippen LogP contribution >= 0.6 is 46.3 Å². The molecule has 0 saturated carbocycles. The minimum atomic E-state index is -0.597. The van der Waals surface area contributed by atoms with Gasteiger partial charge < -0.3 is 20.7 Å². The lowest BCUT2D eigenvalue weighted by molar-refractivity contribution is -0.116. The van der Waals surface area contributed by atoms with E-state index >= 15 is 0 Å². The van der Waals surface area contributed by atoms with E-state index in [1.54, 1.807) is 73.7 Å². The number of carbonyl (C=O) groups is 4. The van der Waals surface area contributed by atoms with Crippen molar-refractivity contribution in [2.24, 2.45) is 0 Å². The lowest BCUT2D eigenvalue weighted by Crippen LogP contribution is -2.30. The summed E-state index contributed by atoms with van der Waals surface area (Å²) in [6.07, 6.45) is 5.67. The molecule has 0 saturated heterocycles. The maximum absolute atomic E-state index is 13.6. The average Bonchev–Trinajstić information content (AvgIpc) is 3.46. The minimum absolute atomic E-state index is 0.0660. The molecule has 5 rings (SSSR count). The highest BCUT2D eigenvalue weighted by Gasteiger charge is 2.29. The fourth-order valence-electron chi connectivity index (χ4n) is 5.33. The van der Waals surface area contributed by atoms with Gasteiger partial charge in [0.05, 0.1) is 17.4 Å². The predicted octanol–water partition coefficient (Wildman–Crippen LogP) is 9.03. The largest absolute Gasteiger partial charge is 0.462 e. The number of ether oxygens (including phenoxy) is 1. The van der Waals surface area contributed by atoms with E-state index in [4.69, 9.17) is 27.9 Å². The highest BCUT2D eigenvalue weighted by atomic mass is 35.5. The van der Waals surface area contributed by atoms with Gasteiger partial charge in [-0.05, 0) is 93.1 Å². The van der Waals surface area contributed by atoms with Gasteiger partial charge in [-0.25, -0.2) is 4.79 Å². The first-order chi connectivity index (χ1) is 23.7. The van der Waals surface area contributed by atoms with Crippen molar-refractivity contribution >= 4 is 86.8 Å². The van der Waals surface area contributed by atoms with Crippen molar-refractivity contribution in [1.82, 2.24) is 5.32 Å². The molecule has 3 aromatic carbocycles. The number of aryl methyl sites for hydroxylation is 1.